The number of ether oxygens (including phenoxy) is 1. The monoisotopic (exact) mass is 544 g/mol. The molecule has 40 heavy (non-hydrogen) atoms. The highest BCUT2D eigenvalue weighted by molar-refractivity contribution is 6.10. The second-order valence-corrected chi connectivity index (χ2v) is 10.8. The molecule has 3 aromatic carbocycles. The molecule has 7 nitrogen and oxygen atoms in total. The van der Waals surface area contributed by atoms with Gasteiger partial charge in [-0.3, -0.25) is 9.59 Å². The highest BCUT2D eigenvalue weighted by atomic mass is 19.1. The Morgan fingerprint density at radius 3 is 2.35 bits per heavy atom. The van der Waals surface area contributed by atoms with Crippen LogP contribution in [0.4, 0.5) is 15.8 Å². The van der Waals surface area contributed by atoms with E-state index in [1.54, 1.807) is 24.1 Å². The van der Waals surface area contributed by atoms with E-state index < -0.39 is 0 Å². The number of halogens is 1. The molecule has 2 heterocycles. The normalized spacial score (nSPS) is 16.8. The summed E-state index contributed by atoms with van der Waals surface area (Å²) in [5.74, 6) is 0.843. The molecule has 8 heteroatoms. The number of anilines is 2. The third kappa shape index (κ3) is 6.35. The molecule has 2 fully saturated rings. The van der Waals surface area contributed by atoms with Crippen molar-refractivity contribution in [2.75, 3.05) is 56.7 Å². The summed E-state index contributed by atoms with van der Waals surface area (Å²) >= 11 is 0. The summed E-state index contributed by atoms with van der Waals surface area (Å²) < 4.78 is 18.9. The van der Waals surface area contributed by atoms with E-state index in [1.807, 2.05) is 48.5 Å². The van der Waals surface area contributed by atoms with Gasteiger partial charge < -0.3 is 20.0 Å². The minimum atomic E-state index is -0.339. The summed E-state index contributed by atoms with van der Waals surface area (Å²) in [7, 11) is 1.62. The first-order valence-electron chi connectivity index (χ1n) is 14.0. The molecule has 0 atom stereocenters. The average Bonchev–Trinajstić information content (AvgIpc) is 2.97. The number of amides is 1. The number of para-hydroxylation sites is 3. The van der Waals surface area contributed by atoms with Crippen molar-refractivity contribution in [2.24, 2.45) is 11.8 Å². The molecule has 2 aliphatic rings. The van der Waals surface area contributed by atoms with Gasteiger partial charge in [-0.1, -0.05) is 31.2 Å². The van der Waals surface area contributed by atoms with Crippen molar-refractivity contribution in [1.82, 2.24) is 9.91 Å². The maximum atomic E-state index is 14.1. The van der Waals surface area contributed by atoms with E-state index >= 15 is 0 Å². The van der Waals surface area contributed by atoms with E-state index in [1.165, 1.54) is 12.1 Å². The third-order valence-electron chi connectivity index (χ3n) is 7.85. The number of nitrogens with zero attached hydrogens (tertiary/aromatic N) is 3. The fourth-order valence-corrected chi connectivity index (χ4v) is 5.57. The summed E-state index contributed by atoms with van der Waals surface area (Å²) in [5, 5.41) is 2.13. The molecule has 0 aromatic heterocycles. The van der Waals surface area contributed by atoms with Crippen LogP contribution in [0.1, 0.15) is 40.5 Å². The number of piperidine rings is 1. The lowest BCUT2D eigenvalue weighted by atomic mass is 9.89. The van der Waals surface area contributed by atoms with Crippen LogP contribution in [0.3, 0.4) is 0 Å². The number of ketones is 1. The molecule has 0 unspecified atom stereocenters. The fraction of sp³-hybridized carbons (Fsp3) is 0.375. The minimum absolute atomic E-state index is 0.0733. The summed E-state index contributed by atoms with van der Waals surface area (Å²) in [6.45, 7) is 6.76. The Morgan fingerprint density at radius 2 is 1.65 bits per heavy atom. The first-order chi connectivity index (χ1) is 19.4. The number of likely N-dealkylation sites (tertiary alicyclic amines) is 1. The van der Waals surface area contributed by atoms with Crippen LogP contribution in [-0.2, 0) is 0 Å². The second kappa shape index (κ2) is 12.6. The third-order valence-corrected chi connectivity index (χ3v) is 7.85. The van der Waals surface area contributed by atoms with E-state index in [0.29, 0.717) is 35.9 Å². The Morgan fingerprint density at radius 1 is 0.975 bits per heavy atom. The number of methoxy groups -OCH3 is 1. The van der Waals surface area contributed by atoms with Crippen molar-refractivity contribution in [1.29, 1.82) is 0 Å². The van der Waals surface area contributed by atoms with Gasteiger partial charge in [-0.25, -0.2) is 9.40 Å². The first-order valence-corrected chi connectivity index (χ1v) is 14.0. The molecule has 0 bridgehead atoms. The number of rotatable bonds is 10. The van der Waals surface area contributed by atoms with Crippen LogP contribution in [0.25, 0.3) is 0 Å². The summed E-state index contributed by atoms with van der Waals surface area (Å²) in [5.41, 5.74) is 6.11. The molecule has 0 radical (unpaired) electrons. The molecule has 0 aliphatic carbocycles. The zero-order chi connectivity index (χ0) is 28.1. The lowest BCUT2D eigenvalue weighted by molar-refractivity contribution is 0.0841. The van der Waals surface area contributed by atoms with Crippen LogP contribution in [0.2, 0.25) is 0 Å². The Balaban J connectivity index is 1.28. The Hall–Kier alpha value is -3.75. The minimum Gasteiger partial charge on any atom is -0.495 e. The molecule has 210 valence electrons. The number of benzene rings is 3. The SMILES string of the molecule is COc1ccccc1N(CCN1CCC(C(=O)c2ccc(F)cc2)CC1)C(=O)c1ccccc1NN1CC(C)C1. The van der Waals surface area contributed by atoms with Gasteiger partial charge in [0.15, 0.2) is 5.78 Å². The Kier molecular flexibility index (Phi) is 8.77. The van der Waals surface area contributed by atoms with E-state index in [9.17, 15) is 14.0 Å². The van der Waals surface area contributed by atoms with E-state index in [2.05, 4.69) is 22.3 Å². The highest BCUT2D eigenvalue weighted by Gasteiger charge is 2.29. The first kappa shape index (κ1) is 27.8. The predicted octanol–water partition coefficient (Wildman–Crippen LogP) is 5.35. The summed E-state index contributed by atoms with van der Waals surface area (Å²) in [6, 6.07) is 21.0. The number of carbonyl (C=O) groups excluding carboxylic acids is 2. The van der Waals surface area contributed by atoms with Crippen LogP contribution in [0, 0.1) is 17.7 Å². The lowest BCUT2D eigenvalue weighted by Gasteiger charge is -2.38. The molecular weight excluding hydrogens is 507 g/mol. The number of nitrogens with one attached hydrogen (secondary N) is 1. The van der Waals surface area contributed by atoms with Gasteiger partial charge in [0, 0.05) is 37.7 Å². The van der Waals surface area contributed by atoms with Gasteiger partial charge in [-0.05, 0) is 80.4 Å². The maximum Gasteiger partial charge on any atom is 0.260 e. The zero-order valence-electron chi connectivity index (χ0n) is 23.2. The summed E-state index contributed by atoms with van der Waals surface area (Å²) in [6.07, 6.45) is 1.47. The van der Waals surface area contributed by atoms with Crippen LogP contribution in [-0.4, -0.2) is 68.0 Å². The van der Waals surface area contributed by atoms with Gasteiger partial charge in [-0.15, -0.1) is 0 Å². The van der Waals surface area contributed by atoms with E-state index in [0.717, 1.165) is 50.4 Å². The van der Waals surface area contributed by atoms with Crippen molar-refractivity contribution >= 4 is 23.1 Å². The number of hydrogen-bond acceptors (Lipinski definition) is 6. The van der Waals surface area contributed by atoms with E-state index in [4.69, 9.17) is 4.74 Å². The van der Waals surface area contributed by atoms with Crippen molar-refractivity contribution < 1.29 is 18.7 Å². The van der Waals surface area contributed by atoms with Gasteiger partial charge in [0.1, 0.15) is 11.6 Å². The number of hydrazine groups is 1. The topological polar surface area (TPSA) is 65.1 Å². The molecular formula is C32H37FN4O3. The van der Waals surface area contributed by atoms with Gasteiger partial charge in [0.25, 0.3) is 5.91 Å². The highest BCUT2D eigenvalue weighted by Crippen LogP contribution is 2.31. The number of hydrogen-bond donors (Lipinski definition) is 1. The van der Waals surface area contributed by atoms with Gasteiger partial charge in [0.2, 0.25) is 0 Å². The number of Topliss-reactive ketones (excluding diaryl/α,β-unsaturated/α-hetero) is 1. The molecule has 5 rings (SSSR count). The van der Waals surface area contributed by atoms with E-state index in [-0.39, 0.29) is 23.4 Å². The quantitative estimate of drug-likeness (QED) is 0.347. The molecule has 0 spiro atoms. The molecule has 0 saturated carbocycles. The fourth-order valence-electron chi connectivity index (χ4n) is 5.57. The van der Waals surface area contributed by atoms with Crippen molar-refractivity contribution in [3.05, 3.63) is 89.7 Å². The molecule has 2 saturated heterocycles. The Labute approximate surface area is 235 Å². The van der Waals surface area contributed by atoms with Gasteiger partial charge >= 0.3 is 0 Å². The second-order valence-electron chi connectivity index (χ2n) is 10.8. The van der Waals surface area contributed by atoms with Crippen LogP contribution < -0.4 is 15.1 Å². The van der Waals surface area contributed by atoms with Crippen LogP contribution >= 0.6 is 0 Å². The van der Waals surface area contributed by atoms with Crippen molar-refractivity contribution in [3.8, 4) is 5.75 Å². The Bertz CT molecular complexity index is 1320. The smallest absolute Gasteiger partial charge is 0.260 e. The van der Waals surface area contributed by atoms with Gasteiger partial charge in [0.05, 0.1) is 24.0 Å². The predicted molar refractivity (Wildman–Crippen MR) is 155 cm³/mol. The van der Waals surface area contributed by atoms with Crippen LogP contribution in [0.5, 0.6) is 5.75 Å². The molecule has 2 aliphatic heterocycles. The summed E-state index contributed by atoms with van der Waals surface area (Å²) in [4.78, 5) is 31.1. The van der Waals surface area contributed by atoms with Crippen LogP contribution in [0.15, 0.2) is 72.8 Å². The van der Waals surface area contributed by atoms with Gasteiger partial charge in [-0.2, -0.15) is 0 Å². The lowest BCUT2D eigenvalue weighted by Crippen LogP contribution is -2.48. The molecule has 3 aromatic rings. The standard InChI is InChI=1S/C32H37FN4O3/c1-23-21-36(22-23)34-28-8-4-3-7-27(28)32(39)37(29-9-5-6-10-30(29)40-2)20-19-35-17-15-25(16-18-35)31(38)24-11-13-26(33)14-12-24/h3-14,23,25,34H,15-22H2,1-2H3. The van der Waals surface area contributed by atoms with Crippen molar-refractivity contribution in [2.45, 2.75) is 19.8 Å². The van der Waals surface area contributed by atoms with Crippen molar-refractivity contribution in [3.63, 3.8) is 0 Å². The number of carbonyl (C=O) groups is 2. The average molecular weight is 545 g/mol. The molecule has 1 N–H and O–H groups in total. The maximum absolute atomic E-state index is 14.1. The largest absolute Gasteiger partial charge is 0.495 e. The molecule has 1 amide bonds. The zero-order valence-corrected chi connectivity index (χ0v) is 23.2.